The molecule has 2 rings (SSSR count). The maximum absolute atomic E-state index is 5.72. The van der Waals surface area contributed by atoms with Crippen LogP contribution in [0.2, 0.25) is 0 Å². The Morgan fingerprint density at radius 3 is 2.26 bits per heavy atom. The van der Waals surface area contributed by atoms with Crippen molar-refractivity contribution in [3.63, 3.8) is 0 Å². The number of rotatable bonds is 4. The third-order valence-electron chi connectivity index (χ3n) is 3.72. The van der Waals surface area contributed by atoms with Gasteiger partial charge >= 0.3 is 0 Å². The van der Waals surface area contributed by atoms with Crippen molar-refractivity contribution in [2.24, 2.45) is 5.84 Å². The lowest BCUT2D eigenvalue weighted by Crippen LogP contribution is -2.30. The third kappa shape index (κ3) is 2.88. The summed E-state index contributed by atoms with van der Waals surface area (Å²) in [6.07, 6.45) is 2.58. The fourth-order valence-corrected chi connectivity index (χ4v) is 2.75. The minimum atomic E-state index is 0.0823. The summed E-state index contributed by atoms with van der Waals surface area (Å²) in [5.41, 5.74) is 9.32. The summed E-state index contributed by atoms with van der Waals surface area (Å²) in [6.45, 7) is 8.41. The quantitative estimate of drug-likeness (QED) is 0.653. The molecule has 0 aliphatic heterocycles. The molecule has 3 N–H and O–H groups in total. The molecule has 0 fully saturated rings. The smallest absolute Gasteiger partial charge is 0.105 e. The topological polar surface area (TPSA) is 51.2 Å². The highest BCUT2D eigenvalue weighted by Gasteiger charge is 2.17. The monoisotopic (exact) mass is 258 g/mol. The van der Waals surface area contributed by atoms with Gasteiger partial charge in [0.15, 0.2) is 0 Å². The molecular formula is C16H22N2O. The van der Waals surface area contributed by atoms with Gasteiger partial charge in [-0.05, 0) is 56.9 Å². The van der Waals surface area contributed by atoms with Crippen molar-refractivity contribution in [2.75, 3.05) is 0 Å². The van der Waals surface area contributed by atoms with Crippen LogP contribution in [0.4, 0.5) is 0 Å². The van der Waals surface area contributed by atoms with Crippen LogP contribution in [0.1, 0.15) is 39.6 Å². The van der Waals surface area contributed by atoms with E-state index in [9.17, 15) is 0 Å². The zero-order valence-electron chi connectivity index (χ0n) is 12.1. The van der Waals surface area contributed by atoms with E-state index in [0.717, 1.165) is 17.7 Å². The van der Waals surface area contributed by atoms with Crippen molar-refractivity contribution in [3.05, 3.63) is 58.0 Å². The predicted octanol–water partition coefficient (Wildman–Crippen LogP) is 3.26. The molecule has 0 spiro atoms. The molecule has 0 saturated heterocycles. The highest BCUT2D eigenvalue weighted by atomic mass is 16.3. The lowest BCUT2D eigenvalue weighted by Gasteiger charge is -2.19. The third-order valence-corrected chi connectivity index (χ3v) is 3.72. The molecule has 0 amide bonds. The Hall–Kier alpha value is -1.58. The SMILES string of the molecule is Cc1cc(C)c(CC(NN)c2ccoc2C)c(C)c1. The number of nitrogens with one attached hydrogen (secondary N) is 1. The Labute approximate surface area is 114 Å². The Balaban J connectivity index is 2.32. The van der Waals surface area contributed by atoms with Crippen molar-refractivity contribution < 1.29 is 4.42 Å². The Bertz CT molecular complexity index is 549. The molecule has 3 heteroatoms. The van der Waals surface area contributed by atoms with Gasteiger partial charge in [-0.1, -0.05) is 17.7 Å². The maximum atomic E-state index is 5.72. The number of nitrogens with two attached hydrogens (primary N) is 1. The van der Waals surface area contributed by atoms with Crippen molar-refractivity contribution >= 4 is 0 Å². The first kappa shape index (κ1) is 13.8. The van der Waals surface area contributed by atoms with Crippen LogP contribution in [0.25, 0.3) is 0 Å². The van der Waals surface area contributed by atoms with E-state index < -0.39 is 0 Å². The van der Waals surface area contributed by atoms with Crippen LogP contribution in [0, 0.1) is 27.7 Å². The summed E-state index contributed by atoms with van der Waals surface area (Å²) in [4.78, 5) is 0. The highest BCUT2D eigenvalue weighted by molar-refractivity contribution is 5.39. The highest BCUT2D eigenvalue weighted by Crippen LogP contribution is 2.26. The molecular weight excluding hydrogens is 236 g/mol. The average molecular weight is 258 g/mol. The van der Waals surface area contributed by atoms with E-state index >= 15 is 0 Å². The Morgan fingerprint density at radius 2 is 1.79 bits per heavy atom. The number of aryl methyl sites for hydroxylation is 4. The van der Waals surface area contributed by atoms with Crippen molar-refractivity contribution in [3.8, 4) is 0 Å². The zero-order valence-corrected chi connectivity index (χ0v) is 12.1. The summed E-state index contributed by atoms with van der Waals surface area (Å²) >= 11 is 0. The van der Waals surface area contributed by atoms with E-state index in [1.165, 1.54) is 22.3 Å². The van der Waals surface area contributed by atoms with Crippen LogP contribution in [-0.2, 0) is 6.42 Å². The van der Waals surface area contributed by atoms with Gasteiger partial charge in [-0.25, -0.2) is 0 Å². The number of hydrogen-bond donors (Lipinski definition) is 2. The van der Waals surface area contributed by atoms with Gasteiger partial charge in [-0.2, -0.15) is 0 Å². The molecule has 0 aliphatic carbocycles. The van der Waals surface area contributed by atoms with E-state index in [4.69, 9.17) is 10.3 Å². The number of furan rings is 1. The maximum Gasteiger partial charge on any atom is 0.105 e. The van der Waals surface area contributed by atoms with Gasteiger partial charge in [0.25, 0.3) is 0 Å². The first-order valence-electron chi connectivity index (χ1n) is 6.59. The number of benzene rings is 1. The number of hydrazine groups is 1. The lowest BCUT2D eigenvalue weighted by molar-refractivity contribution is 0.501. The van der Waals surface area contributed by atoms with Crippen molar-refractivity contribution in [1.82, 2.24) is 5.43 Å². The molecule has 19 heavy (non-hydrogen) atoms. The molecule has 0 aliphatic rings. The molecule has 1 atom stereocenters. The summed E-state index contributed by atoms with van der Waals surface area (Å²) < 4.78 is 5.37. The van der Waals surface area contributed by atoms with Gasteiger partial charge in [0.05, 0.1) is 12.3 Å². The zero-order chi connectivity index (χ0) is 14.0. The van der Waals surface area contributed by atoms with Crippen LogP contribution >= 0.6 is 0 Å². The van der Waals surface area contributed by atoms with Crippen LogP contribution < -0.4 is 11.3 Å². The second kappa shape index (κ2) is 5.59. The summed E-state index contributed by atoms with van der Waals surface area (Å²) in [6, 6.07) is 6.51. The van der Waals surface area contributed by atoms with Gasteiger partial charge in [0.1, 0.15) is 5.76 Å². The molecule has 1 aromatic carbocycles. The van der Waals surface area contributed by atoms with E-state index in [2.05, 4.69) is 38.3 Å². The fourth-order valence-electron chi connectivity index (χ4n) is 2.75. The molecule has 102 valence electrons. The van der Waals surface area contributed by atoms with Gasteiger partial charge in [-0.15, -0.1) is 0 Å². The molecule has 1 aromatic heterocycles. The van der Waals surface area contributed by atoms with Crippen LogP contribution in [0.5, 0.6) is 0 Å². The van der Waals surface area contributed by atoms with Crippen molar-refractivity contribution in [1.29, 1.82) is 0 Å². The van der Waals surface area contributed by atoms with Gasteiger partial charge in [0, 0.05) is 5.56 Å². The van der Waals surface area contributed by atoms with Crippen LogP contribution in [0.3, 0.4) is 0 Å². The van der Waals surface area contributed by atoms with E-state index in [-0.39, 0.29) is 6.04 Å². The molecule has 1 unspecified atom stereocenters. The molecule has 1 heterocycles. The van der Waals surface area contributed by atoms with Gasteiger partial charge in [-0.3, -0.25) is 11.3 Å². The largest absolute Gasteiger partial charge is 0.469 e. The molecule has 0 saturated carbocycles. The second-order valence-electron chi connectivity index (χ2n) is 5.23. The standard InChI is InChI=1S/C16H22N2O/c1-10-7-11(2)15(12(3)8-10)9-16(18-17)14-5-6-19-13(14)4/h5-8,16,18H,9,17H2,1-4H3. The van der Waals surface area contributed by atoms with E-state index in [1.54, 1.807) is 6.26 Å². The first-order valence-corrected chi connectivity index (χ1v) is 6.59. The summed E-state index contributed by atoms with van der Waals surface area (Å²) in [5.74, 6) is 6.64. The van der Waals surface area contributed by atoms with E-state index in [1.807, 2.05) is 13.0 Å². The molecule has 2 aromatic rings. The summed E-state index contributed by atoms with van der Waals surface area (Å²) in [7, 11) is 0. The Morgan fingerprint density at radius 1 is 1.16 bits per heavy atom. The molecule has 0 bridgehead atoms. The lowest BCUT2D eigenvalue weighted by atomic mass is 9.92. The minimum Gasteiger partial charge on any atom is -0.469 e. The minimum absolute atomic E-state index is 0.0823. The first-order chi connectivity index (χ1) is 9.02. The predicted molar refractivity (Wildman–Crippen MR) is 77.9 cm³/mol. The van der Waals surface area contributed by atoms with Gasteiger partial charge < -0.3 is 4.42 Å². The normalized spacial score (nSPS) is 12.7. The fraction of sp³-hybridized carbons (Fsp3) is 0.375. The summed E-state index contributed by atoms with van der Waals surface area (Å²) in [5, 5.41) is 0. The van der Waals surface area contributed by atoms with E-state index in [0.29, 0.717) is 0 Å². The van der Waals surface area contributed by atoms with Gasteiger partial charge in [0.2, 0.25) is 0 Å². The number of hydrogen-bond acceptors (Lipinski definition) is 3. The molecule has 3 nitrogen and oxygen atoms in total. The van der Waals surface area contributed by atoms with Crippen LogP contribution in [0.15, 0.2) is 28.9 Å². The average Bonchev–Trinajstić information content (AvgIpc) is 2.75. The van der Waals surface area contributed by atoms with Crippen molar-refractivity contribution in [2.45, 2.75) is 40.2 Å². The van der Waals surface area contributed by atoms with Crippen LogP contribution in [-0.4, -0.2) is 0 Å². The second-order valence-corrected chi connectivity index (χ2v) is 5.23. The Kier molecular flexibility index (Phi) is 4.08. The molecule has 0 radical (unpaired) electrons.